The van der Waals surface area contributed by atoms with Crippen molar-refractivity contribution in [2.45, 2.75) is 38.6 Å². The second kappa shape index (κ2) is 7.60. The van der Waals surface area contributed by atoms with Gasteiger partial charge in [0.15, 0.2) is 0 Å². The third-order valence-electron chi connectivity index (χ3n) is 5.04. The van der Waals surface area contributed by atoms with Crippen LogP contribution < -0.4 is 10.6 Å². The quantitative estimate of drug-likeness (QED) is 0.836. The molecule has 2 unspecified atom stereocenters. The highest BCUT2D eigenvalue weighted by molar-refractivity contribution is 6.35. The van der Waals surface area contributed by atoms with Gasteiger partial charge in [0, 0.05) is 22.0 Å². The molecule has 6 heteroatoms. The molecular weight excluding hydrogens is 355 g/mol. The highest BCUT2D eigenvalue weighted by Crippen LogP contribution is 2.58. The van der Waals surface area contributed by atoms with Crippen LogP contribution in [-0.2, 0) is 11.2 Å². The maximum Gasteiger partial charge on any atom is 0.223 e. The van der Waals surface area contributed by atoms with E-state index in [0.717, 1.165) is 44.3 Å². The van der Waals surface area contributed by atoms with Gasteiger partial charge < -0.3 is 10.6 Å². The summed E-state index contributed by atoms with van der Waals surface area (Å²) in [6, 6.07) is 5.59. The van der Waals surface area contributed by atoms with Gasteiger partial charge in [0.2, 0.25) is 5.91 Å². The Bertz CT molecular complexity index is 573. The van der Waals surface area contributed by atoms with E-state index < -0.39 is 0 Å². The number of hydrogen-bond donors (Lipinski definition) is 2. The average Bonchev–Trinajstić information content (AvgIpc) is 3.16. The molecule has 128 valence electrons. The minimum Gasteiger partial charge on any atom is -0.353 e. The van der Waals surface area contributed by atoms with E-state index in [-0.39, 0.29) is 35.7 Å². The molecule has 2 N–H and O–H groups in total. The van der Waals surface area contributed by atoms with Crippen molar-refractivity contribution in [3.8, 4) is 0 Å². The van der Waals surface area contributed by atoms with E-state index in [4.69, 9.17) is 23.2 Å². The molecule has 3 nitrogen and oxygen atoms in total. The SMILES string of the molecule is CC(Cc1ccc(Cl)cc1Cl)NC(=O)C1CC12CCNCC2.Cl. The van der Waals surface area contributed by atoms with Crippen LogP contribution in [0.4, 0.5) is 0 Å². The highest BCUT2D eigenvalue weighted by atomic mass is 35.5. The first-order valence-electron chi connectivity index (χ1n) is 7.95. The Morgan fingerprint density at radius 3 is 2.74 bits per heavy atom. The van der Waals surface area contributed by atoms with Gasteiger partial charge in [-0.05, 0) is 68.8 Å². The molecule has 1 saturated carbocycles. The molecule has 0 radical (unpaired) electrons. The predicted molar refractivity (Wildman–Crippen MR) is 97.7 cm³/mol. The Kier molecular flexibility index (Phi) is 6.23. The second-order valence-electron chi connectivity index (χ2n) is 6.72. The molecule has 1 saturated heterocycles. The van der Waals surface area contributed by atoms with Crippen LogP contribution in [0.1, 0.15) is 31.7 Å². The van der Waals surface area contributed by atoms with E-state index in [0.29, 0.717) is 10.0 Å². The first-order valence-corrected chi connectivity index (χ1v) is 8.71. The van der Waals surface area contributed by atoms with E-state index in [2.05, 4.69) is 10.6 Å². The summed E-state index contributed by atoms with van der Waals surface area (Å²) >= 11 is 12.1. The molecular formula is C17H23Cl3N2O. The summed E-state index contributed by atoms with van der Waals surface area (Å²) < 4.78 is 0. The van der Waals surface area contributed by atoms with Crippen molar-refractivity contribution in [3.05, 3.63) is 33.8 Å². The van der Waals surface area contributed by atoms with Crippen molar-refractivity contribution >= 4 is 41.5 Å². The lowest BCUT2D eigenvalue weighted by molar-refractivity contribution is -0.123. The van der Waals surface area contributed by atoms with Gasteiger partial charge in [-0.1, -0.05) is 29.3 Å². The van der Waals surface area contributed by atoms with Gasteiger partial charge in [0.05, 0.1) is 0 Å². The summed E-state index contributed by atoms with van der Waals surface area (Å²) in [5.74, 6) is 0.414. The van der Waals surface area contributed by atoms with Crippen molar-refractivity contribution in [1.82, 2.24) is 10.6 Å². The van der Waals surface area contributed by atoms with Gasteiger partial charge in [-0.15, -0.1) is 12.4 Å². The number of rotatable bonds is 4. The number of benzene rings is 1. The lowest BCUT2D eigenvalue weighted by Crippen LogP contribution is -2.38. The first kappa shape index (κ1) is 18.9. The summed E-state index contributed by atoms with van der Waals surface area (Å²) in [5.41, 5.74) is 1.30. The number of hydrogen-bond acceptors (Lipinski definition) is 2. The fourth-order valence-corrected chi connectivity index (χ4v) is 4.09. The van der Waals surface area contributed by atoms with Gasteiger partial charge in [0.1, 0.15) is 0 Å². The van der Waals surface area contributed by atoms with Crippen LogP contribution in [0.5, 0.6) is 0 Å². The molecule has 3 rings (SSSR count). The molecule has 1 aliphatic heterocycles. The van der Waals surface area contributed by atoms with Gasteiger partial charge in [0.25, 0.3) is 0 Å². The summed E-state index contributed by atoms with van der Waals surface area (Å²) in [4.78, 5) is 12.4. The molecule has 1 aromatic rings. The molecule has 1 amide bonds. The number of carbonyl (C=O) groups is 1. The van der Waals surface area contributed by atoms with E-state index in [1.54, 1.807) is 6.07 Å². The van der Waals surface area contributed by atoms with Crippen molar-refractivity contribution in [3.63, 3.8) is 0 Å². The van der Waals surface area contributed by atoms with E-state index in [9.17, 15) is 4.79 Å². The molecule has 2 aliphatic rings. The molecule has 0 aromatic heterocycles. The third kappa shape index (κ3) is 4.33. The number of amides is 1. The average molecular weight is 378 g/mol. The van der Waals surface area contributed by atoms with Gasteiger partial charge in [-0.25, -0.2) is 0 Å². The Balaban J connectivity index is 0.00000192. The van der Waals surface area contributed by atoms with Crippen LogP contribution in [0.15, 0.2) is 18.2 Å². The number of piperidine rings is 1. The summed E-state index contributed by atoms with van der Waals surface area (Å²) in [5, 5.41) is 7.82. The number of carbonyl (C=O) groups excluding carboxylic acids is 1. The Morgan fingerprint density at radius 1 is 1.39 bits per heavy atom. The van der Waals surface area contributed by atoms with Crippen molar-refractivity contribution < 1.29 is 4.79 Å². The molecule has 1 aliphatic carbocycles. The monoisotopic (exact) mass is 376 g/mol. The fourth-order valence-electron chi connectivity index (χ4n) is 3.61. The minimum absolute atomic E-state index is 0. The van der Waals surface area contributed by atoms with Crippen LogP contribution in [0, 0.1) is 11.3 Å². The predicted octanol–water partition coefficient (Wildman–Crippen LogP) is 3.85. The lowest BCUT2D eigenvalue weighted by atomic mass is 9.91. The molecule has 1 spiro atoms. The fraction of sp³-hybridized carbons (Fsp3) is 0.588. The van der Waals surface area contributed by atoms with Crippen LogP contribution in [0.2, 0.25) is 10.0 Å². The zero-order valence-corrected chi connectivity index (χ0v) is 15.5. The van der Waals surface area contributed by atoms with Crippen molar-refractivity contribution in [2.24, 2.45) is 11.3 Å². The number of halogens is 3. The molecule has 23 heavy (non-hydrogen) atoms. The summed E-state index contributed by atoms with van der Waals surface area (Å²) in [6.07, 6.45) is 4.03. The summed E-state index contributed by atoms with van der Waals surface area (Å²) in [7, 11) is 0. The smallest absolute Gasteiger partial charge is 0.223 e. The molecule has 1 heterocycles. The molecule has 2 atom stereocenters. The maximum absolute atomic E-state index is 12.4. The normalized spacial score (nSPS) is 23.0. The standard InChI is InChI=1S/C17H22Cl2N2O.ClH/c1-11(8-12-2-3-13(18)9-15(12)19)21-16(22)14-10-17(14)4-6-20-7-5-17;/h2-3,9,11,14,20H,4-8,10H2,1H3,(H,21,22);1H. The molecule has 2 fully saturated rings. The van der Waals surface area contributed by atoms with Crippen LogP contribution in [-0.4, -0.2) is 25.0 Å². The van der Waals surface area contributed by atoms with E-state index in [1.807, 2.05) is 19.1 Å². The first-order chi connectivity index (χ1) is 10.5. The van der Waals surface area contributed by atoms with Crippen molar-refractivity contribution in [1.29, 1.82) is 0 Å². The van der Waals surface area contributed by atoms with Crippen LogP contribution in [0.25, 0.3) is 0 Å². The Labute approximate surface area is 153 Å². The van der Waals surface area contributed by atoms with Crippen LogP contribution >= 0.6 is 35.6 Å². The zero-order valence-electron chi connectivity index (χ0n) is 13.2. The van der Waals surface area contributed by atoms with Gasteiger partial charge in [-0.3, -0.25) is 4.79 Å². The zero-order chi connectivity index (χ0) is 15.7. The Morgan fingerprint density at radius 2 is 2.09 bits per heavy atom. The van der Waals surface area contributed by atoms with Crippen molar-refractivity contribution in [2.75, 3.05) is 13.1 Å². The van der Waals surface area contributed by atoms with Crippen LogP contribution in [0.3, 0.4) is 0 Å². The molecule has 1 aromatic carbocycles. The maximum atomic E-state index is 12.4. The lowest BCUT2D eigenvalue weighted by Gasteiger charge is -2.23. The van der Waals surface area contributed by atoms with Gasteiger partial charge in [-0.2, -0.15) is 0 Å². The topological polar surface area (TPSA) is 41.1 Å². The second-order valence-corrected chi connectivity index (χ2v) is 7.56. The molecule has 0 bridgehead atoms. The van der Waals surface area contributed by atoms with Gasteiger partial charge >= 0.3 is 0 Å². The largest absolute Gasteiger partial charge is 0.353 e. The minimum atomic E-state index is 0. The van der Waals surface area contributed by atoms with E-state index in [1.165, 1.54) is 0 Å². The third-order valence-corrected chi connectivity index (χ3v) is 5.62. The van der Waals surface area contributed by atoms with E-state index >= 15 is 0 Å². The summed E-state index contributed by atoms with van der Waals surface area (Å²) in [6.45, 7) is 4.11. The number of nitrogens with one attached hydrogen (secondary N) is 2. The Hall–Kier alpha value is -0.480. The highest BCUT2D eigenvalue weighted by Gasteiger charge is 2.57.